The number of aliphatic carboxylic acids is 1. The van der Waals surface area contributed by atoms with Crippen LogP contribution in [0.2, 0.25) is 0 Å². The van der Waals surface area contributed by atoms with E-state index in [9.17, 15) is 14.8 Å². The normalized spacial score (nSPS) is 14.0. The van der Waals surface area contributed by atoms with Gasteiger partial charge in [0.25, 0.3) is 5.91 Å². The van der Waals surface area contributed by atoms with Crippen molar-refractivity contribution < 1.29 is 19.4 Å². The number of carboxylic acid groups (broad SMARTS) is 1. The molecule has 1 amide bonds. The highest BCUT2D eigenvalue weighted by Crippen LogP contribution is 2.34. The Kier molecular flexibility index (Phi) is 3.71. The van der Waals surface area contributed by atoms with Crippen LogP contribution >= 0.6 is 0 Å². The number of carboxylic acids is 1. The van der Waals surface area contributed by atoms with Gasteiger partial charge in [-0.05, 0) is 43.0 Å². The molecule has 1 aromatic rings. The van der Waals surface area contributed by atoms with Crippen molar-refractivity contribution in [2.75, 3.05) is 11.7 Å². The van der Waals surface area contributed by atoms with E-state index in [0.29, 0.717) is 23.7 Å². The van der Waals surface area contributed by atoms with Crippen LogP contribution in [0.5, 0.6) is 5.75 Å². The number of carbonyl (C=O) groups excluding carboxylic acids is 1. The van der Waals surface area contributed by atoms with Crippen LogP contribution in [0.4, 0.5) is 5.69 Å². The van der Waals surface area contributed by atoms with Crippen LogP contribution in [0.15, 0.2) is 12.1 Å². The van der Waals surface area contributed by atoms with Gasteiger partial charge >= 0.3 is 5.97 Å². The van der Waals surface area contributed by atoms with Gasteiger partial charge in [0.2, 0.25) is 0 Å². The monoisotopic (exact) mass is 264 g/mol. The third-order valence-corrected chi connectivity index (χ3v) is 3.05. The minimum Gasteiger partial charge on any atom is -0.752 e. The third-order valence-electron chi connectivity index (χ3n) is 3.05. The second-order valence-corrected chi connectivity index (χ2v) is 4.47. The van der Waals surface area contributed by atoms with Crippen LogP contribution in [-0.4, -0.2) is 23.6 Å². The van der Waals surface area contributed by atoms with Gasteiger partial charge in [0.15, 0.2) is 6.61 Å². The van der Waals surface area contributed by atoms with Gasteiger partial charge in [-0.2, -0.15) is 0 Å². The average molecular weight is 264 g/mol. The van der Waals surface area contributed by atoms with Gasteiger partial charge in [-0.3, -0.25) is 9.59 Å². The number of anilines is 1. The topological polar surface area (TPSA) is 89.9 Å². The molecule has 6 nitrogen and oxygen atoms in total. The first-order valence-corrected chi connectivity index (χ1v) is 5.97. The summed E-state index contributed by atoms with van der Waals surface area (Å²) < 4.78 is 5.20. The summed E-state index contributed by atoms with van der Waals surface area (Å²) in [6, 6.07) is 3.32. The number of benzene rings is 1. The summed E-state index contributed by atoms with van der Waals surface area (Å²) in [4.78, 5) is 21.7. The van der Waals surface area contributed by atoms with E-state index in [2.05, 4.69) is 0 Å². The quantitative estimate of drug-likeness (QED) is 0.892. The highest BCUT2D eigenvalue weighted by molar-refractivity contribution is 5.98. The van der Waals surface area contributed by atoms with Crippen LogP contribution in [0, 0.1) is 12.1 Å². The zero-order valence-corrected chi connectivity index (χ0v) is 10.5. The molecule has 0 saturated heterocycles. The molecular formula is C13H14NO5-. The number of fused-ring (bicyclic) bond motifs is 1. The summed E-state index contributed by atoms with van der Waals surface area (Å²) >= 11 is 0. The van der Waals surface area contributed by atoms with Gasteiger partial charge in [-0.25, -0.2) is 0 Å². The maximum Gasteiger partial charge on any atom is 0.303 e. The molecule has 0 unspecified atom stereocenters. The Labute approximate surface area is 110 Å². The lowest BCUT2D eigenvalue weighted by Crippen LogP contribution is -2.34. The zero-order chi connectivity index (χ0) is 14.0. The molecule has 2 rings (SSSR count). The van der Waals surface area contributed by atoms with Crippen molar-refractivity contribution in [3.8, 4) is 5.75 Å². The Morgan fingerprint density at radius 3 is 2.95 bits per heavy atom. The standard InChI is InChI=1S/C13H14NO5/c1-8-5-11-10(14(18)12(15)7-19-11)6-9(8)3-2-4-13(16)17/h5-6H,2-4,7H2,1H3,(H,16,17)/q-1. The second-order valence-electron chi connectivity index (χ2n) is 4.47. The minimum absolute atomic E-state index is 0.0764. The Morgan fingerprint density at radius 2 is 2.26 bits per heavy atom. The van der Waals surface area contributed by atoms with E-state index in [0.717, 1.165) is 11.1 Å². The summed E-state index contributed by atoms with van der Waals surface area (Å²) in [6.07, 6.45) is 1.11. The van der Waals surface area contributed by atoms with Crippen LogP contribution in [0.25, 0.3) is 0 Å². The summed E-state index contributed by atoms with van der Waals surface area (Å²) in [5, 5.41) is 20.6. The SMILES string of the molecule is Cc1cc2c(cc1CCCC(=O)O)N([O-])C(=O)CO2. The minimum atomic E-state index is -0.848. The fourth-order valence-electron chi connectivity index (χ4n) is 2.02. The Morgan fingerprint density at radius 1 is 1.53 bits per heavy atom. The predicted octanol–water partition coefficient (Wildman–Crippen LogP) is 1.63. The molecule has 0 saturated carbocycles. The van der Waals surface area contributed by atoms with E-state index >= 15 is 0 Å². The van der Waals surface area contributed by atoms with E-state index in [4.69, 9.17) is 9.84 Å². The van der Waals surface area contributed by atoms with Crippen LogP contribution in [-0.2, 0) is 16.0 Å². The summed E-state index contributed by atoms with van der Waals surface area (Å²) in [6.45, 7) is 1.62. The maximum atomic E-state index is 11.7. The van der Waals surface area contributed by atoms with Crippen molar-refractivity contribution in [1.82, 2.24) is 0 Å². The molecule has 0 aromatic heterocycles. The van der Waals surface area contributed by atoms with Crippen LogP contribution in [0.1, 0.15) is 24.0 Å². The van der Waals surface area contributed by atoms with E-state index in [1.807, 2.05) is 6.92 Å². The average Bonchev–Trinajstić information content (AvgIpc) is 2.35. The van der Waals surface area contributed by atoms with Crippen molar-refractivity contribution in [1.29, 1.82) is 0 Å². The maximum absolute atomic E-state index is 11.7. The van der Waals surface area contributed by atoms with Gasteiger partial charge in [-0.15, -0.1) is 0 Å². The fraction of sp³-hybridized carbons (Fsp3) is 0.385. The molecule has 0 bridgehead atoms. The molecule has 1 aliphatic heterocycles. The molecule has 102 valence electrons. The number of aryl methyl sites for hydroxylation is 2. The van der Waals surface area contributed by atoms with Gasteiger partial charge in [0, 0.05) is 6.42 Å². The lowest BCUT2D eigenvalue weighted by atomic mass is 10.0. The molecule has 1 N–H and O–H groups in total. The Balaban J connectivity index is 2.21. The summed E-state index contributed by atoms with van der Waals surface area (Å²) in [5.41, 5.74) is 1.98. The van der Waals surface area contributed by atoms with Crippen molar-refractivity contribution in [2.45, 2.75) is 26.2 Å². The molecule has 0 aliphatic carbocycles. The second kappa shape index (κ2) is 5.27. The first-order valence-electron chi connectivity index (χ1n) is 5.97. The van der Waals surface area contributed by atoms with Gasteiger partial charge < -0.3 is 20.1 Å². The smallest absolute Gasteiger partial charge is 0.303 e. The van der Waals surface area contributed by atoms with Crippen LogP contribution < -0.4 is 9.80 Å². The molecule has 0 spiro atoms. The predicted molar refractivity (Wildman–Crippen MR) is 68.1 cm³/mol. The summed E-state index contributed by atoms with van der Waals surface area (Å²) in [7, 11) is 0. The molecule has 1 aromatic carbocycles. The number of hydroxylamine groups is 1. The lowest BCUT2D eigenvalue weighted by Gasteiger charge is -2.34. The van der Waals surface area contributed by atoms with E-state index in [1.54, 1.807) is 12.1 Å². The molecule has 0 radical (unpaired) electrons. The highest BCUT2D eigenvalue weighted by Gasteiger charge is 2.20. The number of hydrogen-bond acceptors (Lipinski definition) is 4. The molecule has 0 fully saturated rings. The lowest BCUT2D eigenvalue weighted by molar-refractivity contribution is -0.137. The van der Waals surface area contributed by atoms with Gasteiger partial charge in [-0.1, -0.05) is 0 Å². The molecule has 6 heteroatoms. The Hall–Kier alpha value is -2.08. The third kappa shape index (κ3) is 2.85. The largest absolute Gasteiger partial charge is 0.752 e. The molecule has 1 heterocycles. The first kappa shape index (κ1) is 13.4. The fourth-order valence-corrected chi connectivity index (χ4v) is 2.02. The molecule has 19 heavy (non-hydrogen) atoms. The van der Waals surface area contributed by atoms with Crippen molar-refractivity contribution in [3.05, 3.63) is 28.5 Å². The number of rotatable bonds is 4. The van der Waals surface area contributed by atoms with Gasteiger partial charge in [0.05, 0.1) is 5.69 Å². The zero-order valence-electron chi connectivity index (χ0n) is 10.5. The van der Waals surface area contributed by atoms with E-state index < -0.39 is 11.9 Å². The Bertz CT molecular complexity index is 526. The number of hydrogen-bond donors (Lipinski definition) is 1. The number of amides is 1. The van der Waals surface area contributed by atoms with Crippen molar-refractivity contribution in [3.63, 3.8) is 0 Å². The van der Waals surface area contributed by atoms with Crippen LogP contribution in [0.3, 0.4) is 0 Å². The summed E-state index contributed by atoms with van der Waals surface area (Å²) in [5.74, 6) is -1.08. The van der Waals surface area contributed by atoms with E-state index in [-0.39, 0.29) is 18.7 Å². The van der Waals surface area contributed by atoms with E-state index in [1.165, 1.54) is 0 Å². The molecule has 0 atom stereocenters. The highest BCUT2D eigenvalue weighted by atomic mass is 16.5. The first-order chi connectivity index (χ1) is 8.99. The number of nitrogens with zero attached hydrogens (tertiary/aromatic N) is 1. The van der Waals surface area contributed by atoms with Crippen molar-refractivity contribution in [2.24, 2.45) is 0 Å². The van der Waals surface area contributed by atoms with Gasteiger partial charge in [0.1, 0.15) is 5.75 Å². The molecular weight excluding hydrogens is 250 g/mol. The number of carbonyl (C=O) groups is 2. The molecule has 1 aliphatic rings. The van der Waals surface area contributed by atoms with Crippen molar-refractivity contribution >= 4 is 17.6 Å². The number of ether oxygens (including phenoxy) is 1.